The van der Waals surface area contributed by atoms with E-state index in [1.807, 2.05) is 66.7 Å². The van der Waals surface area contributed by atoms with Gasteiger partial charge < -0.3 is 8.83 Å². The van der Waals surface area contributed by atoms with Gasteiger partial charge in [0.1, 0.15) is 34.0 Å². The lowest BCUT2D eigenvalue weighted by molar-refractivity contribution is 0.634. The predicted molar refractivity (Wildman–Crippen MR) is 151 cm³/mol. The Balaban J connectivity index is 1.40. The Morgan fingerprint density at radius 2 is 0.875 bits per heavy atom. The molecule has 0 aliphatic rings. The smallest absolute Gasteiger partial charge is 0.167 e. The van der Waals surface area contributed by atoms with E-state index in [4.69, 9.17) is 8.83 Å². The molecule has 0 bridgehead atoms. The number of halogens is 2. The highest BCUT2D eigenvalue weighted by atomic mass is 19.1. The molecule has 8 aromatic rings. The van der Waals surface area contributed by atoms with Crippen molar-refractivity contribution in [1.29, 1.82) is 0 Å². The van der Waals surface area contributed by atoms with Crippen molar-refractivity contribution in [2.45, 2.75) is 0 Å². The highest BCUT2D eigenvalue weighted by Gasteiger charge is 2.22. The second kappa shape index (κ2) is 8.54. The second-order valence-corrected chi connectivity index (χ2v) is 9.47. The molecule has 8 rings (SSSR count). The lowest BCUT2D eigenvalue weighted by Gasteiger charge is -2.10. The summed E-state index contributed by atoms with van der Waals surface area (Å²) in [5, 5.41) is 1.98. The third-order valence-corrected chi connectivity index (χ3v) is 7.11. The molecule has 190 valence electrons. The maximum atomic E-state index is 16.2. The van der Waals surface area contributed by atoms with Gasteiger partial charge in [0.2, 0.25) is 0 Å². The van der Waals surface area contributed by atoms with Crippen molar-refractivity contribution in [2.24, 2.45) is 0 Å². The zero-order valence-corrected chi connectivity index (χ0v) is 20.7. The molecular weight excluding hydrogens is 508 g/mol. The zero-order chi connectivity index (χ0) is 26.8. The van der Waals surface area contributed by atoms with Gasteiger partial charge in [0, 0.05) is 16.3 Å². The molecule has 3 heterocycles. The SMILES string of the molecule is Fc1c(-c2nc(-c3ccccc3)nc(-c3ccc4oc5ccccc5c4c3F)n2)ccc2oc3ccccc3c12. The van der Waals surface area contributed by atoms with Crippen molar-refractivity contribution in [3.63, 3.8) is 0 Å². The van der Waals surface area contributed by atoms with Crippen LogP contribution in [0.2, 0.25) is 0 Å². The number of fused-ring (bicyclic) bond motifs is 6. The largest absolute Gasteiger partial charge is 0.456 e. The number of rotatable bonds is 3. The molecular formula is C33H17F2N3O2. The van der Waals surface area contributed by atoms with Crippen LogP contribution >= 0.6 is 0 Å². The van der Waals surface area contributed by atoms with Gasteiger partial charge in [0.15, 0.2) is 17.5 Å². The maximum Gasteiger partial charge on any atom is 0.167 e. The first-order chi connectivity index (χ1) is 19.7. The van der Waals surface area contributed by atoms with Crippen LogP contribution in [0.3, 0.4) is 0 Å². The molecule has 40 heavy (non-hydrogen) atoms. The van der Waals surface area contributed by atoms with Gasteiger partial charge in [0.05, 0.1) is 21.9 Å². The zero-order valence-electron chi connectivity index (χ0n) is 20.7. The minimum Gasteiger partial charge on any atom is -0.456 e. The second-order valence-electron chi connectivity index (χ2n) is 9.47. The fourth-order valence-electron chi connectivity index (χ4n) is 5.23. The molecule has 0 saturated carbocycles. The van der Waals surface area contributed by atoms with E-state index in [-0.39, 0.29) is 22.8 Å². The summed E-state index contributed by atoms with van der Waals surface area (Å²) in [6.45, 7) is 0. The van der Waals surface area contributed by atoms with Crippen LogP contribution in [0.1, 0.15) is 0 Å². The van der Waals surface area contributed by atoms with Crippen molar-refractivity contribution in [3.8, 4) is 34.2 Å². The van der Waals surface area contributed by atoms with E-state index in [1.54, 1.807) is 36.4 Å². The Kier molecular flexibility index (Phi) is 4.81. The molecule has 0 aliphatic heterocycles. The minimum absolute atomic E-state index is 0.0880. The van der Waals surface area contributed by atoms with Crippen LogP contribution in [-0.4, -0.2) is 15.0 Å². The molecule has 0 amide bonds. The van der Waals surface area contributed by atoms with Gasteiger partial charge in [-0.05, 0) is 36.4 Å². The van der Waals surface area contributed by atoms with Crippen LogP contribution in [-0.2, 0) is 0 Å². The molecule has 0 fully saturated rings. The first kappa shape index (κ1) is 22.5. The summed E-state index contributed by atoms with van der Waals surface area (Å²) in [5.74, 6) is -0.561. The normalized spacial score (nSPS) is 11.8. The first-order valence-corrected chi connectivity index (χ1v) is 12.7. The average molecular weight is 526 g/mol. The molecule has 5 aromatic carbocycles. The van der Waals surface area contributed by atoms with Crippen molar-refractivity contribution in [2.75, 3.05) is 0 Å². The van der Waals surface area contributed by atoms with Crippen LogP contribution in [0.15, 0.2) is 112 Å². The van der Waals surface area contributed by atoms with Gasteiger partial charge in [-0.15, -0.1) is 0 Å². The van der Waals surface area contributed by atoms with Crippen molar-refractivity contribution in [3.05, 3.63) is 115 Å². The van der Waals surface area contributed by atoms with Gasteiger partial charge in [-0.1, -0.05) is 66.7 Å². The van der Waals surface area contributed by atoms with Gasteiger partial charge in [-0.25, -0.2) is 23.7 Å². The molecule has 0 radical (unpaired) electrons. The molecule has 3 aromatic heterocycles. The summed E-state index contributed by atoms with van der Waals surface area (Å²) in [5.41, 5.74) is 3.02. The van der Waals surface area contributed by atoms with Gasteiger partial charge in [-0.3, -0.25) is 0 Å². The average Bonchev–Trinajstić information content (AvgIpc) is 3.57. The predicted octanol–water partition coefficient (Wildman–Crippen LogP) is 8.95. The quantitative estimate of drug-likeness (QED) is 0.230. The summed E-state index contributed by atoms with van der Waals surface area (Å²) in [6.07, 6.45) is 0. The number of para-hydroxylation sites is 2. The van der Waals surface area contributed by atoms with Crippen LogP contribution in [0.5, 0.6) is 0 Å². The Bertz CT molecular complexity index is 2120. The maximum absolute atomic E-state index is 16.2. The van der Waals surface area contributed by atoms with E-state index in [1.165, 1.54) is 0 Å². The summed E-state index contributed by atoms with van der Waals surface area (Å²) in [4.78, 5) is 13.9. The Hall–Kier alpha value is -5.43. The van der Waals surface area contributed by atoms with Crippen LogP contribution in [0, 0.1) is 11.6 Å². The van der Waals surface area contributed by atoms with Gasteiger partial charge in [-0.2, -0.15) is 0 Å². The number of hydrogen-bond donors (Lipinski definition) is 0. The molecule has 5 nitrogen and oxygen atoms in total. The molecule has 0 N–H and O–H groups in total. The summed E-state index contributed by atoms with van der Waals surface area (Å²) in [7, 11) is 0. The summed E-state index contributed by atoms with van der Waals surface area (Å²) in [6, 6.07) is 30.4. The Morgan fingerprint density at radius 3 is 1.40 bits per heavy atom. The molecule has 0 unspecified atom stereocenters. The van der Waals surface area contributed by atoms with E-state index in [0.717, 1.165) is 0 Å². The highest BCUT2D eigenvalue weighted by Crippen LogP contribution is 2.38. The summed E-state index contributed by atoms with van der Waals surface area (Å²) < 4.78 is 44.0. The lowest BCUT2D eigenvalue weighted by atomic mass is 10.1. The Labute approximate surface area is 225 Å². The van der Waals surface area contributed by atoms with Gasteiger partial charge in [0.25, 0.3) is 0 Å². The van der Waals surface area contributed by atoms with Crippen LogP contribution < -0.4 is 0 Å². The standard InChI is InChI=1S/C33H17F2N3O2/c34-29-21(14-16-25-27(29)19-10-4-6-12-23(19)39-25)32-36-31(18-8-2-1-3-9-18)37-33(38-32)22-15-17-26-28(30(22)35)20-11-5-7-13-24(20)40-26/h1-17H. The molecule has 0 atom stereocenters. The molecule has 7 heteroatoms. The Morgan fingerprint density at radius 1 is 0.425 bits per heavy atom. The number of nitrogens with zero attached hydrogens (tertiary/aromatic N) is 3. The fourth-order valence-corrected chi connectivity index (χ4v) is 5.23. The van der Waals surface area contributed by atoms with Crippen molar-refractivity contribution in [1.82, 2.24) is 15.0 Å². The number of hydrogen-bond acceptors (Lipinski definition) is 5. The fraction of sp³-hybridized carbons (Fsp3) is 0. The molecule has 0 aliphatic carbocycles. The van der Waals surface area contributed by atoms with E-state index in [0.29, 0.717) is 55.3 Å². The summed E-state index contributed by atoms with van der Waals surface area (Å²) >= 11 is 0. The number of furan rings is 2. The van der Waals surface area contributed by atoms with Crippen LogP contribution in [0.25, 0.3) is 78.0 Å². The highest BCUT2D eigenvalue weighted by molar-refractivity contribution is 6.07. The first-order valence-electron chi connectivity index (χ1n) is 12.7. The monoisotopic (exact) mass is 525 g/mol. The minimum atomic E-state index is -0.518. The number of aromatic nitrogens is 3. The number of benzene rings is 5. The van der Waals surface area contributed by atoms with E-state index >= 15 is 8.78 Å². The molecule has 0 saturated heterocycles. The van der Waals surface area contributed by atoms with E-state index < -0.39 is 11.6 Å². The van der Waals surface area contributed by atoms with Gasteiger partial charge >= 0.3 is 0 Å². The van der Waals surface area contributed by atoms with Crippen molar-refractivity contribution < 1.29 is 17.6 Å². The topological polar surface area (TPSA) is 65.0 Å². The third-order valence-electron chi connectivity index (χ3n) is 7.11. The van der Waals surface area contributed by atoms with E-state index in [2.05, 4.69) is 15.0 Å². The lowest BCUT2D eigenvalue weighted by Crippen LogP contribution is -2.02. The van der Waals surface area contributed by atoms with E-state index in [9.17, 15) is 0 Å². The third kappa shape index (κ3) is 3.34. The van der Waals surface area contributed by atoms with Crippen LogP contribution in [0.4, 0.5) is 8.78 Å². The molecule has 0 spiro atoms. The van der Waals surface area contributed by atoms with Crippen molar-refractivity contribution >= 4 is 43.9 Å².